The molecule has 0 fully saturated rings. The number of aryl methyl sites for hydroxylation is 3. The van der Waals surface area contributed by atoms with Crippen LogP contribution in [0.5, 0.6) is 0 Å². The molecule has 0 aliphatic rings. The summed E-state index contributed by atoms with van der Waals surface area (Å²) in [7, 11) is 1.81. The van der Waals surface area contributed by atoms with Gasteiger partial charge >= 0.3 is 0 Å². The topological polar surface area (TPSA) is 56.9 Å². The number of hydrogen-bond donors (Lipinski definition) is 0. The fourth-order valence-corrected chi connectivity index (χ4v) is 3.36. The van der Waals surface area contributed by atoms with E-state index in [2.05, 4.69) is 4.98 Å². The Kier molecular flexibility index (Phi) is 3.25. The van der Waals surface area contributed by atoms with Crippen LogP contribution < -0.4 is 5.56 Å². The maximum absolute atomic E-state index is 12.5. The zero-order valence-electron chi connectivity index (χ0n) is 12.1. The zero-order chi connectivity index (χ0) is 15.1. The van der Waals surface area contributed by atoms with Crippen LogP contribution in [0.2, 0.25) is 0 Å². The predicted molar refractivity (Wildman–Crippen MR) is 83.1 cm³/mol. The molecule has 0 radical (unpaired) electrons. The minimum atomic E-state index is -0.149. The normalized spacial score (nSPS) is 11.2. The van der Waals surface area contributed by atoms with Crippen molar-refractivity contribution in [1.29, 1.82) is 0 Å². The Morgan fingerprint density at radius 2 is 2.14 bits per heavy atom. The molecule has 0 aromatic carbocycles. The van der Waals surface area contributed by atoms with E-state index in [1.807, 2.05) is 33.2 Å². The lowest BCUT2D eigenvalue weighted by Crippen LogP contribution is -2.25. The van der Waals surface area contributed by atoms with Crippen LogP contribution in [0, 0.1) is 13.8 Å². The molecule has 0 aliphatic carbocycles. The van der Waals surface area contributed by atoms with Crippen LogP contribution >= 0.6 is 11.3 Å². The number of fused-ring (bicyclic) bond motifs is 1. The van der Waals surface area contributed by atoms with Crippen molar-refractivity contribution >= 4 is 27.3 Å². The first-order valence-electron chi connectivity index (χ1n) is 6.58. The number of aromatic nitrogens is 3. The van der Waals surface area contributed by atoms with E-state index in [-0.39, 0.29) is 17.9 Å². The van der Waals surface area contributed by atoms with E-state index in [9.17, 15) is 9.59 Å². The van der Waals surface area contributed by atoms with Crippen molar-refractivity contribution in [1.82, 2.24) is 14.1 Å². The van der Waals surface area contributed by atoms with Crippen LogP contribution in [0.3, 0.4) is 0 Å². The van der Waals surface area contributed by atoms with Crippen LogP contribution in [0.15, 0.2) is 29.5 Å². The van der Waals surface area contributed by atoms with Crippen molar-refractivity contribution < 1.29 is 4.79 Å². The minimum absolute atomic E-state index is 0.00790. The van der Waals surface area contributed by atoms with Gasteiger partial charge in [0, 0.05) is 18.1 Å². The zero-order valence-corrected chi connectivity index (χ0v) is 12.9. The van der Waals surface area contributed by atoms with E-state index in [4.69, 9.17) is 0 Å². The summed E-state index contributed by atoms with van der Waals surface area (Å²) < 4.78 is 3.14. The number of carbonyl (C=O) groups excluding carboxylic acids is 1. The third kappa shape index (κ3) is 2.21. The number of rotatable bonds is 3. The molecule has 5 nitrogen and oxygen atoms in total. The Bertz CT molecular complexity index is 901. The van der Waals surface area contributed by atoms with E-state index < -0.39 is 0 Å². The summed E-state index contributed by atoms with van der Waals surface area (Å²) in [5.74, 6) is -0.102. The van der Waals surface area contributed by atoms with Gasteiger partial charge < -0.3 is 4.57 Å². The summed E-state index contributed by atoms with van der Waals surface area (Å²) in [5.41, 5.74) is 1.39. The molecule has 21 heavy (non-hydrogen) atoms. The molecule has 108 valence electrons. The summed E-state index contributed by atoms with van der Waals surface area (Å²) in [4.78, 5) is 30.9. The standard InChI is InChI=1S/C15H15N3O2S/c1-9-10(2)21-14-13(9)15(20)18(8-16-14)7-12(19)11-5-4-6-17(11)3/h4-6,8H,7H2,1-3H3. The highest BCUT2D eigenvalue weighted by molar-refractivity contribution is 7.18. The Hall–Kier alpha value is -2.21. The number of ketones is 1. The molecule has 0 saturated heterocycles. The lowest BCUT2D eigenvalue weighted by molar-refractivity contribution is 0.0962. The lowest BCUT2D eigenvalue weighted by Gasteiger charge is -2.06. The molecular formula is C15H15N3O2S. The van der Waals surface area contributed by atoms with Gasteiger partial charge in [0.2, 0.25) is 0 Å². The summed E-state index contributed by atoms with van der Waals surface area (Å²) in [6, 6.07) is 3.56. The van der Waals surface area contributed by atoms with Gasteiger partial charge in [-0.3, -0.25) is 14.2 Å². The maximum atomic E-state index is 12.5. The van der Waals surface area contributed by atoms with Gasteiger partial charge in [0.25, 0.3) is 5.56 Å². The number of thiophene rings is 1. The third-order valence-electron chi connectivity index (χ3n) is 3.70. The van der Waals surface area contributed by atoms with Gasteiger partial charge in [0.05, 0.1) is 24.0 Å². The van der Waals surface area contributed by atoms with Gasteiger partial charge in [-0.2, -0.15) is 0 Å². The van der Waals surface area contributed by atoms with Crippen LogP contribution in [0.4, 0.5) is 0 Å². The van der Waals surface area contributed by atoms with Gasteiger partial charge in [0.15, 0.2) is 5.78 Å². The first-order valence-corrected chi connectivity index (χ1v) is 7.40. The number of Topliss-reactive ketones (excluding diaryl/α,β-unsaturated/α-hetero) is 1. The average Bonchev–Trinajstić information content (AvgIpc) is 2.98. The second-order valence-corrected chi connectivity index (χ2v) is 6.27. The van der Waals surface area contributed by atoms with Crippen molar-refractivity contribution in [3.05, 3.63) is 51.1 Å². The molecule has 3 rings (SSSR count). The molecule has 3 aromatic rings. The second-order valence-electron chi connectivity index (χ2n) is 5.07. The molecule has 0 amide bonds. The highest BCUT2D eigenvalue weighted by atomic mass is 32.1. The second kappa shape index (κ2) is 4.96. The van der Waals surface area contributed by atoms with E-state index in [0.717, 1.165) is 15.3 Å². The minimum Gasteiger partial charge on any atom is -0.348 e. The first-order chi connectivity index (χ1) is 9.99. The Labute approximate surface area is 125 Å². The van der Waals surface area contributed by atoms with Crippen molar-refractivity contribution in [3.63, 3.8) is 0 Å². The van der Waals surface area contributed by atoms with E-state index in [1.54, 1.807) is 10.6 Å². The number of nitrogens with zero attached hydrogens (tertiary/aromatic N) is 3. The largest absolute Gasteiger partial charge is 0.348 e. The fraction of sp³-hybridized carbons (Fsp3) is 0.267. The van der Waals surface area contributed by atoms with Gasteiger partial charge in [-0.15, -0.1) is 11.3 Å². The SMILES string of the molecule is Cc1sc2ncn(CC(=O)c3cccn3C)c(=O)c2c1C. The molecule has 0 saturated carbocycles. The predicted octanol–water partition coefficient (Wildman–Crippen LogP) is 2.30. The van der Waals surface area contributed by atoms with Crippen molar-refractivity contribution in [2.24, 2.45) is 7.05 Å². The molecule has 3 heterocycles. The quantitative estimate of drug-likeness (QED) is 0.697. The van der Waals surface area contributed by atoms with Gasteiger partial charge in [-0.05, 0) is 31.5 Å². The Morgan fingerprint density at radius 3 is 2.81 bits per heavy atom. The average molecular weight is 301 g/mol. The van der Waals surface area contributed by atoms with Crippen molar-refractivity contribution in [3.8, 4) is 0 Å². The van der Waals surface area contributed by atoms with Gasteiger partial charge in [-0.1, -0.05) is 0 Å². The van der Waals surface area contributed by atoms with Crippen molar-refractivity contribution in [2.75, 3.05) is 0 Å². The molecule has 3 aromatic heterocycles. The van der Waals surface area contributed by atoms with Crippen molar-refractivity contribution in [2.45, 2.75) is 20.4 Å². The maximum Gasteiger partial charge on any atom is 0.262 e. The highest BCUT2D eigenvalue weighted by Gasteiger charge is 2.15. The van der Waals surface area contributed by atoms with Crippen LogP contribution in [-0.4, -0.2) is 19.9 Å². The number of carbonyl (C=O) groups is 1. The van der Waals surface area contributed by atoms with Crippen LogP contribution in [-0.2, 0) is 13.6 Å². The molecule has 0 bridgehead atoms. The molecule has 0 N–H and O–H groups in total. The highest BCUT2D eigenvalue weighted by Crippen LogP contribution is 2.25. The summed E-state index contributed by atoms with van der Waals surface area (Å²) >= 11 is 1.51. The van der Waals surface area contributed by atoms with E-state index in [0.29, 0.717) is 11.1 Å². The monoisotopic (exact) mass is 301 g/mol. The van der Waals surface area contributed by atoms with E-state index >= 15 is 0 Å². The van der Waals surface area contributed by atoms with Gasteiger partial charge in [0.1, 0.15) is 4.83 Å². The number of hydrogen-bond acceptors (Lipinski definition) is 4. The Balaban J connectivity index is 2.04. The molecule has 6 heteroatoms. The fourth-order valence-electron chi connectivity index (χ4n) is 2.37. The molecule has 0 atom stereocenters. The van der Waals surface area contributed by atoms with Crippen LogP contribution in [0.1, 0.15) is 20.9 Å². The summed E-state index contributed by atoms with van der Waals surface area (Å²) in [5, 5.41) is 0.625. The molecule has 0 unspecified atom stereocenters. The smallest absolute Gasteiger partial charge is 0.262 e. The Morgan fingerprint density at radius 1 is 1.38 bits per heavy atom. The summed E-state index contributed by atoms with van der Waals surface area (Å²) in [6.45, 7) is 3.90. The molecular weight excluding hydrogens is 286 g/mol. The molecule has 0 spiro atoms. The van der Waals surface area contributed by atoms with Gasteiger partial charge in [-0.25, -0.2) is 4.98 Å². The third-order valence-corrected chi connectivity index (χ3v) is 4.81. The summed E-state index contributed by atoms with van der Waals surface area (Å²) in [6.07, 6.45) is 3.27. The first kappa shape index (κ1) is 13.8. The van der Waals surface area contributed by atoms with E-state index in [1.165, 1.54) is 22.2 Å². The van der Waals surface area contributed by atoms with Crippen LogP contribution in [0.25, 0.3) is 10.2 Å². The lowest BCUT2D eigenvalue weighted by atomic mass is 10.2. The molecule has 0 aliphatic heterocycles.